The van der Waals surface area contributed by atoms with Crippen molar-refractivity contribution in [1.82, 2.24) is 0 Å². The summed E-state index contributed by atoms with van der Waals surface area (Å²) in [7, 11) is 0. The van der Waals surface area contributed by atoms with Crippen LogP contribution in [0.1, 0.15) is 32.3 Å². The summed E-state index contributed by atoms with van der Waals surface area (Å²) in [5, 5.41) is 9.83. The van der Waals surface area contributed by atoms with Crippen molar-refractivity contribution in [2.75, 3.05) is 24.5 Å². The number of nitrogens with two attached hydrogens (primary N) is 1. The standard InChI is InChI=1S/C15H26N2O/c1-13-5-7-14(8-6-13)17(11-4-10-16)12-9-15(2,3)18/h5-8,18H,4,9-12,16H2,1-3H3. The number of rotatable bonds is 7. The zero-order valence-electron chi connectivity index (χ0n) is 11.8. The highest BCUT2D eigenvalue weighted by atomic mass is 16.3. The third kappa shape index (κ3) is 5.52. The first kappa shape index (κ1) is 15.0. The zero-order valence-corrected chi connectivity index (χ0v) is 11.8. The van der Waals surface area contributed by atoms with Gasteiger partial charge in [0, 0.05) is 18.8 Å². The van der Waals surface area contributed by atoms with E-state index in [0.29, 0.717) is 6.54 Å². The monoisotopic (exact) mass is 250 g/mol. The Balaban J connectivity index is 2.68. The van der Waals surface area contributed by atoms with Gasteiger partial charge in [-0.2, -0.15) is 0 Å². The molecule has 3 N–H and O–H groups in total. The van der Waals surface area contributed by atoms with Crippen molar-refractivity contribution < 1.29 is 5.11 Å². The Kier molecular flexibility index (Phi) is 5.63. The molecule has 0 amide bonds. The molecule has 0 fully saturated rings. The quantitative estimate of drug-likeness (QED) is 0.781. The highest BCUT2D eigenvalue weighted by Crippen LogP contribution is 2.18. The lowest BCUT2D eigenvalue weighted by molar-refractivity contribution is 0.0731. The second kappa shape index (κ2) is 6.76. The molecule has 3 nitrogen and oxygen atoms in total. The molecule has 0 unspecified atom stereocenters. The molecule has 102 valence electrons. The normalized spacial score (nSPS) is 11.6. The summed E-state index contributed by atoms with van der Waals surface area (Å²) in [6, 6.07) is 8.51. The molecule has 18 heavy (non-hydrogen) atoms. The minimum absolute atomic E-state index is 0.619. The van der Waals surface area contributed by atoms with E-state index in [1.165, 1.54) is 11.3 Å². The Hall–Kier alpha value is -1.06. The van der Waals surface area contributed by atoms with Crippen LogP contribution in [0.2, 0.25) is 0 Å². The highest BCUT2D eigenvalue weighted by molar-refractivity contribution is 5.47. The van der Waals surface area contributed by atoms with Gasteiger partial charge in [-0.25, -0.2) is 0 Å². The van der Waals surface area contributed by atoms with Crippen LogP contribution < -0.4 is 10.6 Å². The SMILES string of the molecule is Cc1ccc(N(CCCN)CCC(C)(C)O)cc1. The molecule has 1 aromatic carbocycles. The van der Waals surface area contributed by atoms with Crippen molar-refractivity contribution in [1.29, 1.82) is 0 Å². The molecule has 0 aliphatic carbocycles. The Labute approximate surface area is 111 Å². The van der Waals surface area contributed by atoms with Crippen molar-refractivity contribution in [2.45, 2.75) is 39.2 Å². The Bertz CT molecular complexity index is 341. The minimum atomic E-state index is -0.619. The lowest BCUT2D eigenvalue weighted by atomic mass is 10.0. The molecule has 1 rings (SSSR count). The zero-order chi connectivity index (χ0) is 13.6. The van der Waals surface area contributed by atoms with E-state index in [1.807, 2.05) is 13.8 Å². The van der Waals surface area contributed by atoms with Crippen LogP contribution in [-0.2, 0) is 0 Å². The van der Waals surface area contributed by atoms with E-state index >= 15 is 0 Å². The summed E-state index contributed by atoms with van der Waals surface area (Å²) in [6.07, 6.45) is 1.73. The molecule has 0 heterocycles. The predicted octanol–water partition coefficient (Wildman–Crippen LogP) is 2.31. The summed E-state index contributed by atoms with van der Waals surface area (Å²) in [5.74, 6) is 0. The average Bonchev–Trinajstić information content (AvgIpc) is 2.29. The van der Waals surface area contributed by atoms with Gasteiger partial charge in [0.15, 0.2) is 0 Å². The highest BCUT2D eigenvalue weighted by Gasteiger charge is 2.15. The van der Waals surface area contributed by atoms with Gasteiger partial charge in [-0.1, -0.05) is 17.7 Å². The van der Waals surface area contributed by atoms with E-state index in [0.717, 1.165) is 25.9 Å². The first-order valence-electron chi connectivity index (χ1n) is 6.66. The number of aliphatic hydroxyl groups is 1. The molecule has 0 saturated carbocycles. The lowest BCUT2D eigenvalue weighted by Crippen LogP contribution is -2.32. The van der Waals surface area contributed by atoms with Crippen molar-refractivity contribution in [3.63, 3.8) is 0 Å². The average molecular weight is 250 g/mol. The molecule has 0 saturated heterocycles. The molecule has 0 radical (unpaired) electrons. The van der Waals surface area contributed by atoms with Gasteiger partial charge < -0.3 is 15.7 Å². The van der Waals surface area contributed by atoms with Crippen LogP contribution in [0.5, 0.6) is 0 Å². The number of hydrogen-bond donors (Lipinski definition) is 2. The fourth-order valence-electron chi connectivity index (χ4n) is 1.82. The predicted molar refractivity (Wildman–Crippen MR) is 78.0 cm³/mol. The molecular formula is C15H26N2O. The van der Waals surface area contributed by atoms with Gasteiger partial charge in [0.2, 0.25) is 0 Å². The van der Waals surface area contributed by atoms with E-state index in [1.54, 1.807) is 0 Å². The van der Waals surface area contributed by atoms with Crippen molar-refractivity contribution in [3.05, 3.63) is 29.8 Å². The van der Waals surface area contributed by atoms with Gasteiger partial charge in [0.25, 0.3) is 0 Å². The Morgan fingerprint density at radius 1 is 1.17 bits per heavy atom. The van der Waals surface area contributed by atoms with Crippen LogP contribution in [0.3, 0.4) is 0 Å². The second-order valence-electron chi connectivity index (χ2n) is 5.53. The first-order valence-corrected chi connectivity index (χ1v) is 6.66. The van der Waals surface area contributed by atoms with Crippen molar-refractivity contribution >= 4 is 5.69 Å². The van der Waals surface area contributed by atoms with Gasteiger partial charge in [-0.3, -0.25) is 0 Å². The molecule has 0 aromatic heterocycles. The summed E-state index contributed by atoms with van der Waals surface area (Å²) >= 11 is 0. The van der Waals surface area contributed by atoms with Crippen molar-refractivity contribution in [2.24, 2.45) is 5.73 Å². The third-order valence-electron chi connectivity index (χ3n) is 3.02. The fraction of sp³-hybridized carbons (Fsp3) is 0.600. The smallest absolute Gasteiger partial charge is 0.0608 e. The second-order valence-corrected chi connectivity index (χ2v) is 5.53. The van der Waals surface area contributed by atoms with Crippen LogP contribution in [0, 0.1) is 6.92 Å². The topological polar surface area (TPSA) is 49.5 Å². The first-order chi connectivity index (χ1) is 8.42. The van der Waals surface area contributed by atoms with Crippen LogP contribution >= 0.6 is 0 Å². The van der Waals surface area contributed by atoms with Gasteiger partial charge in [0.1, 0.15) is 0 Å². The molecule has 0 aliphatic heterocycles. The van der Waals surface area contributed by atoms with Crippen LogP contribution in [0.25, 0.3) is 0 Å². The molecule has 1 aromatic rings. The maximum atomic E-state index is 9.83. The third-order valence-corrected chi connectivity index (χ3v) is 3.02. The molecule has 0 spiro atoms. The van der Waals surface area contributed by atoms with E-state index in [9.17, 15) is 5.11 Å². The van der Waals surface area contributed by atoms with Gasteiger partial charge >= 0.3 is 0 Å². The molecule has 3 heteroatoms. The summed E-state index contributed by atoms with van der Waals surface area (Å²) in [5.41, 5.74) is 7.44. The maximum Gasteiger partial charge on any atom is 0.0608 e. The molecule has 0 bridgehead atoms. The molecule has 0 aliphatic rings. The lowest BCUT2D eigenvalue weighted by Gasteiger charge is -2.28. The van der Waals surface area contributed by atoms with E-state index in [4.69, 9.17) is 5.73 Å². The molecular weight excluding hydrogens is 224 g/mol. The summed E-state index contributed by atoms with van der Waals surface area (Å²) in [6.45, 7) is 8.28. The number of nitrogens with zero attached hydrogens (tertiary/aromatic N) is 1. The van der Waals surface area contributed by atoms with Gasteiger partial charge in [-0.15, -0.1) is 0 Å². The van der Waals surface area contributed by atoms with Gasteiger partial charge in [0.05, 0.1) is 5.60 Å². The van der Waals surface area contributed by atoms with Crippen LogP contribution in [0.4, 0.5) is 5.69 Å². The minimum Gasteiger partial charge on any atom is -0.390 e. The number of anilines is 1. The Morgan fingerprint density at radius 2 is 1.78 bits per heavy atom. The summed E-state index contributed by atoms with van der Waals surface area (Å²) in [4.78, 5) is 2.30. The number of aryl methyl sites for hydroxylation is 1. The number of hydrogen-bond acceptors (Lipinski definition) is 3. The van der Waals surface area contributed by atoms with Crippen LogP contribution in [0.15, 0.2) is 24.3 Å². The molecule has 0 atom stereocenters. The van der Waals surface area contributed by atoms with E-state index in [2.05, 4.69) is 36.1 Å². The van der Waals surface area contributed by atoms with Crippen LogP contribution in [-0.4, -0.2) is 30.3 Å². The van der Waals surface area contributed by atoms with Gasteiger partial charge in [-0.05, 0) is 52.3 Å². The van der Waals surface area contributed by atoms with E-state index in [-0.39, 0.29) is 0 Å². The van der Waals surface area contributed by atoms with E-state index < -0.39 is 5.60 Å². The maximum absolute atomic E-state index is 9.83. The Morgan fingerprint density at radius 3 is 2.28 bits per heavy atom. The largest absolute Gasteiger partial charge is 0.390 e. The summed E-state index contributed by atoms with van der Waals surface area (Å²) < 4.78 is 0. The van der Waals surface area contributed by atoms with Crippen molar-refractivity contribution in [3.8, 4) is 0 Å². The number of benzene rings is 1. The fourth-order valence-corrected chi connectivity index (χ4v) is 1.82.